The second kappa shape index (κ2) is 6.13. The lowest BCUT2D eigenvalue weighted by atomic mass is 10.1. The van der Waals surface area contributed by atoms with Crippen molar-refractivity contribution in [2.24, 2.45) is 4.99 Å². The molecule has 3 heterocycles. The molecule has 0 amide bonds. The summed E-state index contributed by atoms with van der Waals surface area (Å²) in [7, 11) is 0. The first-order chi connectivity index (χ1) is 12.0. The van der Waals surface area contributed by atoms with Crippen molar-refractivity contribution in [2.45, 2.75) is 6.92 Å². The summed E-state index contributed by atoms with van der Waals surface area (Å²) in [6, 6.07) is 11.1. The van der Waals surface area contributed by atoms with Crippen LogP contribution >= 0.6 is 27.5 Å². The third-order valence-electron chi connectivity index (χ3n) is 3.65. The molecule has 25 heavy (non-hydrogen) atoms. The van der Waals surface area contributed by atoms with Crippen LogP contribution in [0.4, 0.5) is 0 Å². The first-order valence-corrected chi connectivity index (χ1v) is 8.52. The summed E-state index contributed by atoms with van der Waals surface area (Å²) >= 11 is 9.46. The van der Waals surface area contributed by atoms with Gasteiger partial charge in [0.05, 0.1) is 5.52 Å². The van der Waals surface area contributed by atoms with Gasteiger partial charge in [-0.1, -0.05) is 23.7 Å². The minimum absolute atomic E-state index is 0.113. The molecule has 2 aromatic heterocycles. The van der Waals surface area contributed by atoms with E-state index in [9.17, 15) is 4.79 Å². The summed E-state index contributed by atoms with van der Waals surface area (Å²) in [5.41, 5.74) is 2.62. The van der Waals surface area contributed by atoms with Gasteiger partial charge in [-0.2, -0.15) is 0 Å². The van der Waals surface area contributed by atoms with E-state index >= 15 is 0 Å². The highest BCUT2D eigenvalue weighted by atomic mass is 79.9. The second-order valence-corrected chi connectivity index (χ2v) is 6.64. The predicted molar refractivity (Wildman–Crippen MR) is 98.5 cm³/mol. The number of nitrogens with zero attached hydrogens (tertiary/aromatic N) is 2. The number of pyridine rings is 1. The van der Waals surface area contributed by atoms with Crippen molar-refractivity contribution in [3.05, 3.63) is 68.8 Å². The van der Waals surface area contributed by atoms with Crippen molar-refractivity contribution in [3.63, 3.8) is 0 Å². The Hall–Kier alpha value is -2.44. The van der Waals surface area contributed by atoms with Crippen LogP contribution in [0.25, 0.3) is 17.0 Å². The molecule has 1 aromatic carbocycles. The lowest BCUT2D eigenvalue weighted by Gasteiger charge is -2.03. The maximum atomic E-state index is 12.1. The Kier molecular flexibility index (Phi) is 3.94. The minimum atomic E-state index is -0.567. The molecule has 0 radical (unpaired) electrons. The molecule has 1 aliphatic rings. The third kappa shape index (κ3) is 3.10. The number of rotatable bonds is 2. The zero-order valence-electron chi connectivity index (χ0n) is 12.9. The lowest BCUT2D eigenvalue weighted by Crippen LogP contribution is -2.04. The van der Waals surface area contributed by atoms with Crippen molar-refractivity contribution in [1.29, 1.82) is 0 Å². The number of aryl methyl sites for hydroxylation is 1. The Balaban J connectivity index is 1.76. The summed E-state index contributed by atoms with van der Waals surface area (Å²) in [5, 5.41) is 1.22. The molecule has 5 nitrogen and oxygen atoms in total. The Labute approximate surface area is 156 Å². The van der Waals surface area contributed by atoms with Crippen molar-refractivity contribution < 1.29 is 13.9 Å². The van der Waals surface area contributed by atoms with E-state index in [0.717, 1.165) is 16.5 Å². The summed E-state index contributed by atoms with van der Waals surface area (Å²) in [6.45, 7) is 1.99. The molecule has 0 fully saturated rings. The summed E-state index contributed by atoms with van der Waals surface area (Å²) in [5.74, 6) is -0.0909. The van der Waals surface area contributed by atoms with Crippen LogP contribution in [-0.4, -0.2) is 16.9 Å². The molecule has 0 saturated heterocycles. The fourth-order valence-electron chi connectivity index (χ4n) is 2.46. The highest BCUT2D eigenvalue weighted by molar-refractivity contribution is 9.10. The number of aliphatic imine (C=N–C) groups is 1. The normalized spacial score (nSPS) is 15.7. The number of halogens is 2. The van der Waals surface area contributed by atoms with Crippen LogP contribution in [0.5, 0.6) is 0 Å². The first kappa shape index (κ1) is 16.1. The molecule has 4 rings (SSSR count). The van der Waals surface area contributed by atoms with Crippen LogP contribution in [-0.2, 0) is 9.53 Å². The third-order valence-corrected chi connectivity index (χ3v) is 4.38. The van der Waals surface area contributed by atoms with Gasteiger partial charge in [0.2, 0.25) is 0 Å². The average Bonchev–Trinajstić information content (AvgIpc) is 3.15. The largest absolute Gasteiger partial charge is 0.444 e. The van der Waals surface area contributed by atoms with Gasteiger partial charge in [-0.15, -0.1) is 0 Å². The molecule has 7 heteroatoms. The molecule has 0 atom stereocenters. The zero-order valence-corrected chi connectivity index (χ0v) is 15.3. The van der Waals surface area contributed by atoms with E-state index in [1.54, 1.807) is 18.2 Å². The van der Waals surface area contributed by atoms with Gasteiger partial charge in [-0.3, -0.25) is 0 Å². The van der Waals surface area contributed by atoms with Gasteiger partial charge in [-0.05, 0) is 58.8 Å². The molecule has 0 spiro atoms. The predicted octanol–water partition coefficient (Wildman–Crippen LogP) is 4.90. The van der Waals surface area contributed by atoms with E-state index in [0.29, 0.717) is 21.1 Å². The molecule has 0 aliphatic carbocycles. The van der Waals surface area contributed by atoms with Crippen LogP contribution in [0.2, 0.25) is 5.15 Å². The van der Waals surface area contributed by atoms with Crippen LogP contribution in [0.1, 0.15) is 16.9 Å². The molecular formula is C18H10BrClN2O3. The highest BCUT2D eigenvalue weighted by Crippen LogP contribution is 2.26. The maximum absolute atomic E-state index is 12.1. The standard InChI is InChI=1S/C18H10BrClN2O3/c1-9-2-3-10-7-11(16(20)21-12(10)6-9)8-13-18(23)25-17(22-13)14-4-5-15(19)24-14/h2-8H,1H3/b13-8-. The summed E-state index contributed by atoms with van der Waals surface area (Å²) in [4.78, 5) is 20.6. The van der Waals surface area contributed by atoms with Gasteiger partial charge in [0.1, 0.15) is 5.15 Å². The number of cyclic esters (lactones) is 1. The van der Waals surface area contributed by atoms with Gasteiger partial charge in [0.15, 0.2) is 16.1 Å². The Morgan fingerprint density at radius 3 is 2.80 bits per heavy atom. The number of hydrogen-bond acceptors (Lipinski definition) is 5. The van der Waals surface area contributed by atoms with Gasteiger partial charge in [-0.25, -0.2) is 14.8 Å². The van der Waals surface area contributed by atoms with E-state index in [-0.39, 0.29) is 11.6 Å². The lowest BCUT2D eigenvalue weighted by molar-refractivity contribution is -0.130. The topological polar surface area (TPSA) is 64.7 Å². The number of carbonyl (C=O) groups excluding carboxylic acids is 1. The zero-order chi connectivity index (χ0) is 17.6. The van der Waals surface area contributed by atoms with E-state index < -0.39 is 5.97 Å². The number of carbonyl (C=O) groups is 1. The van der Waals surface area contributed by atoms with E-state index in [2.05, 4.69) is 25.9 Å². The molecule has 1 aliphatic heterocycles. The average molecular weight is 418 g/mol. The monoisotopic (exact) mass is 416 g/mol. The fourth-order valence-corrected chi connectivity index (χ4v) is 2.97. The molecule has 0 N–H and O–H groups in total. The first-order valence-electron chi connectivity index (χ1n) is 7.35. The highest BCUT2D eigenvalue weighted by Gasteiger charge is 2.26. The number of esters is 1. The Bertz CT molecular complexity index is 1090. The smallest absolute Gasteiger partial charge is 0.363 e. The van der Waals surface area contributed by atoms with Crippen molar-refractivity contribution in [2.75, 3.05) is 0 Å². The number of furan rings is 1. The molecule has 0 saturated carbocycles. The van der Waals surface area contributed by atoms with Crippen LogP contribution in [0.15, 0.2) is 56.2 Å². The Morgan fingerprint density at radius 2 is 2.04 bits per heavy atom. The minimum Gasteiger partial charge on any atom is -0.444 e. The number of fused-ring (bicyclic) bond motifs is 1. The van der Waals surface area contributed by atoms with Gasteiger partial charge >= 0.3 is 5.97 Å². The maximum Gasteiger partial charge on any atom is 0.363 e. The van der Waals surface area contributed by atoms with Crippen molar-refractivity contribution in [3.8, 4) is 0 Å². The van der Waals surface area contributed by atoms with E-state index in [1.165, 1.54) is 0 Å². The molecule has 124 valence electrons. The molecule has 0 unspecified atom stereocenters. The van der Waals surface area contributed by atoms with E-state index in [4.69, 9.17) is 20.8 Å². The number of ether oxygens (including phenoxy) is 1. The van der Waals surface area contributed by atoms with Gasteiger partial charge < -0.3 is 9.15 Å². The molecular weight excluding hydrogens is 408 g/mol. The number of aromatic nitrogens is 1. The summed E-state index contributed by atoms with van der Waals surface area (Å²) in [6.07, 6.45) is 1.56. The number of benzene rings is 1. The van der Waals surface area contributed by atoms with Gasteiger partial charge in [0, 0.05) is 10.9 Å². The second-order valence-electron chi connectivity index (χ2n) is 5.50. The fraction of sp³-hybridized carbons (Fsp3) is 0.0556. The molecule has 0 bridgehead atoms. The van der Waals surface area contributed by atoms with Crippen LogP contribution < -0.4 is 0 Å². The van der Waals surface area contributed by atoms with Crippen molar-refractivity contribution >= 4 is 56.4 Å². The Morgan fingerprint density at radius 1 is 1.20 bits per heavy atom. The molecule has 3 aromatic rings. The quantitative estimate of drug-likeness (QED) is 0.338. The van der Waals surface area contributed by atoms with Gasteiger partial charge in [0.25, 0.3) is 5.90 Å². The van der Waals surface area contributed by atoms with Crippen LogP contribution in [0, 0.1) is 6.92 Å². The van der Waals surface area contributed by atoms with Crippen LogP contribution in [0.3, 0.4) is 0 Å². The number of hydrogen-bond donors (Lipinski definition) is 0. The SMILES string of the molecule is Cc1ccc2cc(/C=C3\N=C(c4ccc(Br)o4)OC3=O)c(Cl)nc2c1. The van der Waals surface area contributed by atoms with E-state index in [1.807, 2.05) is 31.2 Å². The van der Waals surface area contributed by atoms with Crippen molar-refractivity contribution in [1.82, 2.24) is 4.98 Å². The summed E-state index contributed by atoms with van der Waals surface area (Å²) < 4.78 is 11.0.